The van der Waals surface area contributed by atoms with Gasteiger partial charge in [-0.3, -0.25) is 0 Å². The van der Waals surface area contributed by atoms with Crippen LogP contribution in [0.15, 0.2) is 18.3 Å². The third-order valence-electron chi connectivity index (χ3n) is 3.86. The van der Waals surface area contributed by atoms with E-state index in [4.69, 9.17) is 5.73 Å². The molecule has 1 aromatic carbocycles. The number of aryl methyl sites for hydroxylation is 1. The number of fused-ring (bicyclic) bond motifs is 3. The molecule has 144 valence electrons. The smallest absolute Gasteiger partial charge is 0.459 e. The molecule has 0 spiro atoms. The normalized spacial score (nSPS) is 11.9. The summed E-state index contributed by atoms with van der Waals surface area (Å²) in [5, 5.41) is 4.75. The number of aromatic nitrogens is 3. The molecule has 0 atom stereocenters. The van der Waals surface area contributed by atoms with E-state index in [-0.39, 0.29) is 25.5 Å². The van der Waals surface area contributed by atoms with Gasteiger partial charge < -0.3 is 20.4 Å². The number of nitrogens with one attached hydrogen (secondary N) is 1. The summed E-state index contributed by atoms with van der Waals surface area (Å²) in [7, 11) is 1.93. The van der Waals surface area contributed by atoms with Crippen molar-refractivity contribution < 1.29 is 22.7 Å². The number of halogens is 4. The van der Waals surface area contributed by atoms with Crippen molar-refractivity contribution in [1.82, 2.24) is 14.5 Å². The van der Waals surface area contributed by atoms with Gasteiger partial charge >= 0.3 is 12.1 Å². The summed E-state index contributed by atoms with van der Waals surface area (Å²) in [4.78, 5) is 19.2. The minimum absolute atomic E-state index is 0.0829. The van der Waals surface area contributed by atoms with Gasteiger partial charge in [0.1, 0.15) is 5.82 Å². The second-order valence-corrected chi connectivity index (χ2v) is 6.95. The minimum atomic E-state index is -4.99. The molecule has 0 saturated heterocycles. The van der Waals surface area contributed by atoms with Crippen LogP contribution < -0.4 is 11.1 Å². The summed E-state index contributed by atoms with van der Waals surface area (Å²) in [5.41, 5.74) is 7.45. The lowest BCUT2D eigenvalue weighted by Gasteiger charge is -2.12. The van der Waals surface area contributed by atoms with Gasteiger partial charge in [-0.15, -0.1) is 0 Å². The number of nitrogens with two attached hydrogens (primary N) is 1. The monoisotopic (exact) mass is 493 g/mol. The average molecular weight is 493 g/mol. The maximum Gasteiger partial charge on any atom is 0.490 e. The van der Waals surface area contributed by atoms with Gasteiger partial charge in [0.15, 0.2) is 0 Å². The number of esters is 1. The molecule has 0 amide bonds. The molecule has 2 aromatic heterocycles. The third-order valence-corrected chi connectivity index (χ3v) is 4.69. The zero-order valence-corrected chi connectivity index (χ0v) is 16.3. The molecule has 0 unspecified atom stereocenters. The highest BCUT2D eigenvalue weighted by Gasteiger charge is 2.40. The fourth-order valence-electron chi connectivity index (χ4n) is 2.74. The topological polar surface area (TPSA) is 95.1 Å². The van der Waals surface area contributed by atoms with Crippen molar-refractivity contribution in [3.63, 3.8) is 0 Å². The van der Waals surface area contributed by atoms with Crippen LogP contribution in [0.2, 0.25) is 0 Å². The number of alkyl halides is 3. The number of carbonyl (C=O) groups is 1. The van der Waals surface area contributed by atoms with Gasteiger partial charge in [0.25, 0.3) is 0 Å². The van der Waals surface area contributed by atoms with Gasteiger partial charge in [-0.25, -0.2) is 9.78 Å². The number of benzene rings is 1. The number of nitrogens with zero attached hydrogens (tertiary/aromatic N) is 3. The molecule has 0 radical (unpaired) electrons. The van der Waals surface area contributed by atoms with E-state index in [0.717, 1.165) is 19.9 Å². The Hall–Kier alpha value is -2.31. The Kier molecular flexibility index (Phi) is 5.31. The predicted molar refractivity (Wildman–Crippen MR) is 103 cm³/mol. The van der Waals surface area contributed by atoms with E-state index in [0.29, 0.717) is 11.3 Å². The lowest BCUT2D eigenvalue weighted by atomic mass is 10.1. The summed E-state index contributed by atoms with van der Waals surface area (Å²) in [5.74, 6) is -1.63. The van der Waals surface area contributed by atoms with E-state index in [9.17, 15) is 18.0 Å². The molecule has 0 bridgehead atoms. The van der Waals surface area contributed by atoms with Crippen molar-refractivity contribution >= 4 is 62.1 Å². The van der Waals surface area contributed by atoms with E-state index >= 15 is 0 Å². The van der Waals surface area contributed by atoms with Gasteiger partial charge in [-0.2, -0.15) is 18.2 Å². The maximum atomic E-state index is 12.1. The molecule has 2 heterocycles. The van der Waals surface area contributed by atoms with Crippen LogP contribution in [0.25, 0.3) is 21.8 Å². The molecule has 3 aromatic rings. The highest BCUT2D eigenvalue weighted by Crippen LogP contribution is 2.33. The molecule has 3 rings (SSSR count). The van der Waals surface area contributed by atoms with Gasteiger partial charge in [0.2, 0.25) is 5.95 Å². The van der Waals surface area contributed by atoms with E-state index in [1.807, 2.05) is 29.9 Å². The van der Waals surface area contributed by atoms with Gasteiger partial charge in [-0.1, -0.05) is 0 Å². The molecule has 0 aliphatic heterocycles. The lowest BCUT2D eigenvalue weighted by Crippen LogP contribution is -2.26. The van der Waals surface area contributed by atoms with E-state index in [2.05, 4.69) is 42.6 Å². The van der Waals surface area contributed by atoms with E-state index in [1.165, 1.54) is 0 Å². The highest BCUT2D eigenvalue weighted by atomic mass is 127. The lowest BCUT2D eigenvalue weighted by molar-refractivity contribution is -0.199. The van der Waals surface area contributed by atoms with E-state index < -0.39 is 12.1 Å². The first-order valence-corrected chi connectivity index (χ1v) is 8.95. The van der Waals surface area contributed by atoms with Crippen LogP contribution in [0.1, 0.15) is 6.42 Å². The Morgan fingerprint density at radius 2 is 2.15 bits per heavy atom. The van der Waals surface area contributed by atoms with Crippen LogP contribution in [0.5, 0.6) is 0 Å². The maximum absolute atomic E-state index is 12.1. The molecule has 0 aliphatic rings. The number of rotatable bonds is 5. The first kappa shape index (κ1) is 19.5. The summed E-state index contributed by atoms with van der Waals surface area (Å²) >= 11 is 2.22. The summed E-state index contributed by atoms with van der Waals surface area (Å²) in [6.45, 7) is -0.112. The highest BCUT2D eigenvalue weighted by molar-refractivity contribution is 14.1. The molecular formula is C16H15F3IN5O2. The molecular weight excluding hydrogens is 478 g/mol. The Morgan fingerprint density at radius 3 is 2.85 bits per heavy atom. The summed E-state index contributed by atoms with van der Waals surface area (Å²) in [6.07, 6.45) is -2.89. The standard InChI is InChI=1S/C16H15F3IN5O2/c1-25-5-3-8-11-10(7-9(20)12(8)25)23-15(21)24-13(11)22-4-2-6-27-14(26)16(17,18)19/h3,5,7H,2,4,6H2,1H3,(H3,21,22,23,24). The summed E-state index contributed by atoms with van der Waals surface area (Å²) in [6, 6.07) is 3.84. The molecule has 27 heavy (non-hydrogen) atoms. The molecule has 0 fully saturated rings. The Morgan fingerprint density at radius 1 is 1.41 bits per heavy atom. The molecule has 0 saturated carbocycles. The van der Waals surface area contributed by atoms with Crippen molar-refractivity contribution in [2.75, 3.05) is 24.2 Å². The van der Waals surface area contributed by atoms with Crippen LogP contribution in [-0.4, -0.2) is 39.8 Å². The van der Waals surface area contributed by atoms with Crippen molar-refractivity contribution in [3.8, 4) is 0 Å². The zero-order chi connectivity index (χ0) is 19.8. The number of nitrogen functional groups attached to an aromatic ring is 1. The van der Waals surface area contributed by atoms with Gasteiger partial charge in [0, 0.05) is 28.7 Å². The largest absolute Gasteiger partial charge is 0.490 e. The average Bonchev–Trinajstić information content (AvgIpc) is 2.95. The first-order chi connectivity index (χ1) is 12.7. The zero-order valence-electron chi connectivity index (χ0n) is 14.1. The van der Waals surface area contributed by atoms with Crippen molar-refractivity contribution in [1.29, 1.82) is 0 Å². The Bertz CT molecular complexity index is 1020. The Labute approximate surface area is 165 Å². The molecule has 0 aliphatic carbocycles. The van der Waals surface area contributed by atoms with Gasteiger partial charge in [-0.05, 0) is 41.1 Å². The van der Waals surface area contributed by atoms with Crippen LogP contribution in [0.4, 0.5) is 24.9 Å². The SMILES string of the molecule is Cn1ccc2c3c(NCCCOC(=O)C(F)(F)F)nc(N)nc3cc(I)c21. The number of hydrogen-bond acceptors (Lipinski definition) is 6. The number of hydrogen-bond donors (Lipinski definition) is 2. The molecule has 7 nitrogen and oxygen atoms in total. The third kappa shape index (κ3) is 4.01. The second kappa shape index (κ2) is 7.37. The Balaban J connectivity index is 1.80. The van der Waals surface area contributed by atoms with Crippen molar-refractivity contribution in [2.45, 2.75) is 12.6 Å². The second-order valence-electron chi connectivity index (χ2n) is 5.79. The van der Waals surface area contributed by atoms with Crippen LogP contribution in [0.3, 0.4) is 0 Å². The van der Waals surface area contributed by atoms with Crippen LogP contribution in [-0.2, 0) is 16.6 Å². The number of carbonyl (C=O) groups excluding carboxylic acids is 1. The summed E-state index contributed by atoms with van der Waals surface area (Å²) < 4.78 is 43.5. The van der Waals surface area contributed by atoms with E-state index in [1.54, 1.807) is 0 Å². The first-order valence-electron chi connectivity index (χ1n) is 7.87. The number of ether oxygens (including phenoxy) is 1. The quantitative estimate of drug-likeness (QED) is 0.322. The van der Waals surface area contributed by atoms with Gasteiger partial charge in [0.05, 0.1) is 23.0 Å². The van der Waals surface area contributed by atoms with Crippen LogP contribution >= 0.6 is 22.6 Å². The fourth-order valence-corrected chi connectivity index (χ4v) is 3.70. The van der Waals surface area contributed by atoms with Crippen molar-refractivity contribution in [2.24, 2.45) is 7.05 Å². The number of anilines is 2. The fraction of sp³-hybridized carbons (Fsp3) is 0.312. The van der Waals surface area contributed by atoms with Crippen LogP contribution in [0, 0.1) is 3.57 Å². The van der Waals surface area contributed by atoms with Crippen molar-refractivity contribution in [3.05, 3.63) is 21.9 Å². The molecule has 11 heteroatoms. The molecule has 3 N–H and O–H groups in total. The minimum Gasteiger partial charge on any atom is -0.459 e. The predicted octanol–water partition coefficient (Wildman–Crippen LogP) is 3.22.